The molecule has 3 heterocycles. The molecule has 3 aliphatic rings. The van der Waals surface area contributed by atoms with Crippen LogP contribution in [0.5, 0.6) is 0 Å². The number of nitroso groups, excluding NO2 is 1. The lowest BCUT2D eigenvalue weighted by Crippen LogP contribution is -2.70. The van der Waals surface area contributed by atoms with Crippen molar-refractivity contribution < 1.29 is 29.3 Å². The fourth-order valence-electron chi connectivity index (χ4n) is 4.81. The van der Waals surface area contributed by atoms with E-state index in [9.17, 15) is 24.4 Å². The lowest BCUT2D eigenvalue weighted by Gasteiger charge is -2.49. The van der Waals surface area contributed by atoms with Gasteiger partial charge < -0.3 is 15.3 Å². The summed E-state index contributed by atoms with van der Waals surface area (Å²) >= 11 is 1.34. The summed E-state index contributed by atoms with van der Waals surface area (Å²) < 4.78 is 0. The van der Waals surface area contributed by atoms with E-state index in [1.54, 1.807) is 5.01 Å². The second-order valence-corrected chi connectivity index (χ2v) is 10.4. The molecule has 0 unspecified atom stereocenters. The molecule has 12 nitrogen and oxygen atoms in total. The van der Waals surface area contributed by atoms with Crippen LogP contribution in [-0.4, -0.2) is 87.7 Å². The summed E-state index contributed by atoms with van der Waals surface area (Å²) in [4.78, 5) is 59.1. The van der Waals surface area contributed by atoms with Crippen LogP contribution in [0.3, 0.4) is 0 Å². The summed E-state index contributed by atoms with van der Waals surface area (Å²) in [5.74, 6) is -1.79. The van der Waals surface area contributed by atoms with Gasteiger partial charge in [0.2, 0.25) is 5.91 Å². The molecule has 204 valence electrons. The maximum Gasteiger partial charge on any atom is 0.352 e. The molecule has 2 saturated heterocycles. The van der Waals surface area contributed by atoms with Gasteiger partial charge in [-0.3, -0.25) is 14.5 Å². The molecule has 0 aromatic heterocycles. The number of rotatable bonds is 10. The average Bonchev–Trinajstić information content (AvgIpc) is 2.96. The van der Waals surface area contributed by atoms with Gasteiger partial charge in [0, 0.05) is 30.1 Å². The molecule has 0 saturated carbocycles. The third-order valence-corrected chi connectivity index (χ3v) is 8.14. The van der Waals surface area contributed by atoms with Crippen molar-refractivity contribution in [3.63, 3.8) is 0 Å². The summed E-state index contributed by atoms with van der Waals surface area (Å²) in [6.45, 7) is 2.09. The van der Waals surface area contributed by atoms with Gasteiger partial charge in [0.15, 0.2) is 0 Å². The van der Waals surface area contributed by atoms with E-state index in [1.807, 2.05) is 60.7 Å². The zero-order valence-corrected chi connectivity index (χ0v) is 21.9. The molecule has 3 N–H and O–H groups in total. The van der Waals surface area contributed by atoms with E-state index in [2.05, 4.69) is 15.8 Å². The number of carbonyl (C=O) groups is 3. The minimum absolute atomic E-state index is 0.126. The second kappa shape index (κ2) is 11.7. The molecule has 3 aliphatic heterocycles. The highest BCUT2D eigenvalue weighted by Crippen LogP contribution is 2.40. The molecule has 5 rings (SSSR count). The van der Waals surface area contributed by atoms with Crippen LogP contribution < -0.4 is 15.8 Å². The lowest BCUT2D eigenvalue weighted by atomic mass is 10.0. The smallest absolute Gasteiger partial charge is 0.352 e. The van der Waals surface area contributed by atoms with Crippen LogP contribution in [0.4, 0.5) is 5.69 Å². The topological polar surface area (TPSA) is 135 Å². The summed E-state index contributed by atoms with van der Waals surface area (Å²) in [6, 6.07) is 18.3. The summed E-state index contributed by atoms with van der Waals surface area (Å²) in [7, 11) is 0. The highest BCUT2D eigenvalue weighted by Gasteiger charge is 2.54. The van der Waals surface area contributed by atoms with Crippen LogP contribution in [-0.2, 0) is 25.6 Å². The van der Waals surface area contributed by atoms with E-state index in [0.717, 1.165) is 11.3 Å². The van der Waals surface area contributed by atoms with Crippen LogP contribution in [0, 0.1) is 4.91 Å². The van der Waals surface area contributed by atoms with Gasteiger partial charge >= 0.3 is 5.97 Å². The van der Waals surface area contributed by atoms with Crippen LogP contribution >= 0.6 is 11.8 Å². The van der Waals surface area contributed by atoms with Crippen molar-refractivity contribution in [1.29, 1.82) is 0 Å². The van der Waals surface area contributed by atoms with Gasteiger partial charge in [-0.2, -0.15) is 0 Å². The number of anilines is 1. The Morgan fingerprint density at radius 2 is 1.69 bits per heavy atom. The van der Waals surface area contributed by atoms with Crippen LogP contribution in [0.25, 0.3) is 0 Å². The molecule has 2 aromatic rings. The van der Waals surface area contributed by atoms with Gasteiger partial charge in [0.05, 0.1) is 24.4 Å². The molecule has 0 spiro atoms. The quantitative estimate of drug-likeness (QED) is 0.222. The highest BCUT2D eigenvalue weighted by atomic mass is 32.2. The molecule has 39 heavy (non-hydrogen) atoms. The number of carboxylic acids is 1. The molecule has 2 amide bonds. The number of nitrogens with zero attached hydrogens (tertiary/aromatic N) is 4. The Labute approximate surface area is 229 Å². The largest absolute Gasteiger partial charge is 0.477 e. The summed E-state index contributed by atoms with van der Waals surface area (Å²) in [5.41, 5.74) is 4.42. The molecule has 0 aliphatic carbocycles. The maximum absolute atomic E-state index is 12.8. The van der Waals surface area contributed by atoms with Crippen LogP contribution in [0.15, 0.2) is 71.9 Å². The maximum atomic E-state index is 12.8. The van der Waals surface area contributed by atoms with Gasteiger partial charge in [-0.1, -0.05) is 48.5 Å². The molecular formula is C26H29N6O6S+. The summed E-state index contributed by atoms with van der Waals surface area (Å²) in [5, 5.41) is 13.6. The number of β-lactam (4-membered cyclic amide) rings is 1. The number of nitrogens with one attached hydrogen (secondary N) is 2. The fourth-order valence-corrected chi connectivity index (χ4v) is 6.13. The number of para-hydroxylation sites is 1. The number of thioether (sulfide) groups is 1. The van der Waals surface area contributed by atoms with Gasteiger partial charge in [0.1, 0.15) is 23.7 Å². The number of hydrazine groups is 2. The van der Waals surface area contributed by atoms with Crippen molar-refractivity contribution in [1.82, 2.24) is 20.8 Å². The third kappa shape index (κ3) is 5.83. The number of benzene rings is 2. The number of fused-ring (bicyclic) bond motifs is 1. The van der Waals surface area contributed by atoms with Gasteiger partial charge in [-0.15, -0.1) is 16.8 Å². The Hall–Kier alpha value is -4.10. The first kappa shape index (κ1) is 26.5. The minimum atomic E-state index is -1.27. The third-order valence-electron chi connectivity index (χ3n) is 6.80. The standard InChI is InChI=1S/C26H28N6O6S/c33-21(15-18-7-3-1-4-8-18)27-22-24(34)31-23(26(35)36)19(17-39-25(22)31)16-38-28-32(37)30-13-11-29(12-14-30)20-9-5-2-6-10-20/h1-10,22,25H,11-17H2,(H2-,27,28,33,35,36,37)/p+1/t22-,25-/m1/s1. The van der Waals surface area contributed by atoms with Gasteiger partial charge in [0.25, 0.3) is 10.9 Å². The second-order valence-electron chi connectivity index (χ2n) is 9.30. The molecule has 2 atom stereocenters. The van der Waals surface area contributed by atoms with E-state index in [-0.39, 0.29) is 30.4 Å². The lowest BCUT2D eigenvalue weighted by molar-refractivity contribution is -0.788. The number of carboxylic acid groups (broad SMARTS) is 1. The Kier molecular flexibility index (Phi) is 7.98. The molecular weight excluding hydrogens is 524 g/mol. The fraction of sp³-hybridized carbons (Fsp3) is 0.346. The van der Waals surface area contributed by atoms with Crippen LogP contribution in [0.1, 0.15) is 5.56 Å². The van der Waals surface area contributed by atoms with E-state index in [0.29, 0.717) is 36.7 Å². The normalized spacial score (nSPS) is 20.7. The van der Waals surface area contributed by atoms with Crippen molar-refractivity contribution >= 4 is 35.2 Å². The minimum Gasteiger partial charge on any atom is -0.477 e. The number of hydrogen-bond acceptors (Lipinski definition) is 7. The van der Waals surface area contributed by atoms with Crippen molar-refractivity contribution in [2.45, 2.75) is 17.8 Å². The first-order valence-corrected chi connectivity index (χ1v) is 13.6. The van der Waals surface area contributed by atoms with E-state index < -0.39 is 23.3 Å². The Morgan fingerprint density at radius 3 is 2.36 bits per heavy atom. The predicted octanol–water partition coefficient (Wildman–Crippen LogP) is 0.920. The molecule has 0 radical (unpaired) electrons. The Morgan fingerprint density at radius 1 is 1.03 bits per heavy atom. The molecule has 0 bridgehead atoms. The van der Waals surface area contributed by atoms with Crippen molar-refractivity contribution in [3.8, 4) is 0 Å². The van der Waals surface area contributed by atoms with Crippen molar-refractivity contribution in [2.24, 2.45) is 0 Å². The SMILES string of the molecule is O=C(Cc1ccccc1)N[C@@H]1C(=O)N2C(C(=O)O)=C(CON[N+](=O)N3CCN(c4ccccc4)CC3)CS[C@H]12. The first-order chi connectivity index (χ1) is 18.9. The summed E-state index contributed by atoms with van der Waals surface area (Å²) in [6.07, 6.45) is 0.126. The Bertz CT molecular complexity index is 1270. The predicted molar refractivity (Wildman–Crippen MR) is 143 cm³/mol. The Balaban J connectivity index is 1.12. The zero-order valence-electron chi connectivity index (χ0n) is 21.1. The molecule has 2 aromatic carbocycles. The molecule has 13 heteroatoms. The number of amides is 2. The van der Waals surface area contributed by atoms with E-state index in [1.165, 1.54) is 16.7 Å². The molecule has 2 fully saturated rings. The number of hydrogen-bond donors (Lipinski definition) is 3. The zero-order chi connectivity index (χ0) is 27.4. The van der Waals surface area contributed by atoms with Gasteiger partial charge in [-0.05, 0) is 23.3 Å². The van der Waals surface area contributed by atoms with E-state index in [4.69, 9.17) is 4.84 Å². The number of piperazine rings is 1. The van der Waals surface area contributed by atoms with Crippen molar-refractivity contribution in [3.05, 3.63) is 82.4 Å². The number of carbonyl (C=O) groups excluding carboxylic acids is 2. The highest BCUT2D eigenvalue weighted by molar-refractivity contribution is 8.00. The first-order valence-electron chi connectivity index (χ1n) is 12.5. The monoisotopic (exact) mass is 553 g/mol. The van der Waals surface area contributed by atoms with Gasteiger partial charge in [-0.25, -0.2) is 9.63 Å². The average molecular weight is 554 g/mol. The van der Waals surface area contributed by atoms with Crippen molar-refractivity contribution in [2.75, 3.05) is 43.4 Å². The van der Waals surface area contributed by atoms with Crippen LogP contribution in [0.2, 0.25) is 0 Å². The van der Waals surface area contributed by atoms with E-state index >= 15 is 0 Å². The number of aliphatic carboxylic acids is 1.